The summed E-state index contributed by atoms with van der Waals surface area (Å²) in [5, 5.41) is 3.74. The van der Waals surface area contributed by atoms with Gasteiger partial charge in [-0.25, -0.2) is 0 Å². The number of carbonyl (C=O) groups excluding carboxylic acids is 1. The van der Waals surface area contributed by atoms with E-state index in [1.165, 1.54) is 30.2 Å². The fourth-order valence-corrected chi connectivity index (χ4v) is 7.02. The van der Waals surface area contributed by atoms with Crippen LogP contribution in [0.2, 0.25) is 5.02 Å². The van der Waals surface area contributed by atoms with Crippen LogP contribution in [0.4, 0.5) is 13.2 Å². The van der Waals surface area contributed by atoms with Crippen molar-refractivity contribution in [3.63, 3.8) is 0 Å². The molecule has 4 saturated carbocycles. The second-order valence-corrected chi connectivity index (χ2v) is 10.3. The van der Waals surface area contributed by atoms with E-state index in [0.717, 1.165) is 32.1 Å². The van der Waals surface area contributed by atoms with Gasteiger partial charge in [-0.05, 0) is 91.2 Å². The molecule has 2 aromatic rings. The first-order valence-electron chi connectivity index (χ1n) is 11.0. The van der Waals surface area contributed by atoms with Crippen molar-refractivity contribution >= 4 is 17.5 Å². The average Bonchev–Trinajstić information content (AvgIpc) is 2.70. The molecule has 0 aliphatic heterocycles. The Hall–Kier alpha value is -2.21. The Morgan fingerprint density at radius 2 is 1.75 bits per heavy atom. The van der Waals surface area contributed by atoms with Gasteiger partial charge in [0, 0.05) is 11.6 Å². The van der Waals surface area contributed by atoms with Crippen LogP contribution in [0, 0.1) is 17.3 Å². The second kappa shape index (κ2) is 7.68. The number of halogens is 4. The summed E-state index contributed by atoms with van der Waals surface area (Å²) in [5.41, 5.74) is 1.44. The minimum absolute atomic E-state index is 0.00643. The lowest BCUT2D eigenvalue weighted by Gasteiger charge is -2.61. The number of benzene rings is 2. The number of hydrogen-bond acceptors (Lipinski definition) is 2. The highest BCUT2D eigenvalue weighted by molar-refractivity contribution is 6.30. The molecule has 4 fully saturated rings. The van der Waals surface area contributed by atoms with Crippen molar-refractivity contribution in [2.45, 2.75) is 56.8 Å². The monoisotopic (exact) mass is 463 g/mol. The molecule has 2 aromatic carbocycles. The zero-order valence-electron chi connectivity index (χ0n) is 17.6. The van der Waals surface area contributed by atoms with E-state index in [0.29, 0.717) is 22.4 Å². The van der Waals surface area contributed by atoms with Crippen LogP contribution in [0.15, 0.2) is 48.5 Å². The zero-order chi connectivity index (χ0) is 22.6. The average molecular weight is 464 g/mol. The van der Waals surface area contributed by atoms with Crippen LogP contribution < -0.4 is 10.1 Å². The number of nitrogens with one attached hydrogen (secondary N) is 1. The molecule has 2 unspecified atom stereocenters. The molecule has 4 bridgehead atoms. The topological polar surface area (TPSA) is 38.3 Å². The quantitative estimate of drug-likeness (QED) is 0.557. The number of alkyl halides is 3. The van der Waals surface area contributed by atoms with Gasteiger partial charge in [-0.3, -0.25) is 4.79 Å². The van der Waals surface area contributed by atoms with Crippen molar-refractivity contribution in [1.29, 1.82) is 0 Å². The van der Waals surface area contributed by atoms with Crippen LogP contribution in [-0.2, 0) is 16.8 Å². The molecule has 3 nitrogen and oxygen atoms in total. The number of amides is 1. The molecule has 7 heteroatoms. The molecule has 170 valence electrons. The summed E-state index contributed by atoms with van der Waals surface area (Å²) in [6.45, 7) is 0.179. The van der Waals surface area contributed by atoms with Gasteiger partial charge in [-0.15, -0.1) is 13.2 Å². The first kappa shape index (κ1) is 21.6. The number of carbonyl (C=O) groups is 1. The van der Waals surface area contributed by atoms with E-state index in [1.54, 1.807) is 6.07 Å². The smallest absolute Gasteiger partial charge is 0.406 e. The van der Waals surface area contributed by atoms with Crippen LogP contribution in [0.5, 0.6) is 5.75 Å². The van der Waals surface area contributed by atoms with E-state index >= 15 is 0 Å². The Kier molecular flexibility index (Phi) is 5.19. The van der Waals surface area contributed by atoms with E-state index in [9.17, 15) is 18.0 Å². The molecule has 0 radical (unpaired) electrons. The lowest BCUT2D eigenvalue weighted by atomic mass is 9.42. The molecule has 1 amide bonds. The van der Waals surface area contributed by atoms with Gasteiger partial charge in [0.2, 0.25) is 5.91 Å². The Morgan fingerprint density at radius 3 is 2.41 bits per heavy atom. The largest absolute Gasteiger partial charge is 0.573 e. The first-order chi connectivity index (χ1) is 15.1. The predicted molar refractivity (Wildman–Crippen MR) is 115 cm³/mol. The highest BCUT2D eigenvalue weighted by Crippen LogP contribution is 2.65. The van der Waals surface area contributed by atoms with Crippen LogP contribution in [0.25, 0.3) is 0 Å². The molecule has 4 aliphatic rings. The van der Waals surface area contributed by atoms with Gasteiger partial charge in [-0.2, -0.15) is 0 Å². The van der Waals surface area contributed by atoms with Crippen molar-refractivity contribution in [1.82, 2.24) is 5.32 Å². The van der Waals surface area contributed by atoms with Gasteiger partial charge in [0.05, 0.1) is 5.41 Å². The van der Waals surface area contributed by atoms with Crippen LogP contribution in [-0.4, -0.2) is 12.3 Å². The minimum Gasteiger partial charge on any atom is -0.406 e. The summed E-state index contributed by atoms with van der Waals surface area (Å²) in [6, 6.07) is 13.8. The second-order valence-electron chi connectivity index (χ2n) is 9.91. The summed E-state index contributed by atoms with van der Waals surface area (Å²) >= 11 is 6.11. The maximum Gasteiger partial charge on any atom is 0.573 e. The van der Waals surface area contributed by atoms with E-state index in [1.807, 2.05) is 12.1 Å². The van der Waals surface area contributed by atoms with E-state index in [4.69, 9.17) is 11.6 Å². The normalized spacial score (nSPS) is 30.9. The fraction of sp³-hybridized carbons (Fsp3) is 0.480. The Bertz CT molecular complexity index is 1010. The van der Waals surface area contributed by atoms with Gasteiger partial charge in [0.25, 0.3) is 0 Å². The molecule has 6 rings (SSSR count). The van der Waals surface area contributed by atoms with E-state index < -0.39 is 11.8 Å². The van der Waals surface area contributed by atoms with Crippen molar-refractivity contribution in [2.75, 3.05) is 0 Å². The SMILES string of the molecule is O=C(NCc1cccc(OC(F)(F)F)c1)C12CC3CC(C1)CC(c1ccc(Cl)cc1)(C3)C2. The zero-order valence-corrected chi connectivity index (χ0v) is 18.3. The van der Waals surface area contributed by atoms with Crippen LogP contribution >= 0.6 is 11.6 Å². The first-order valence-corrected chi connectivity index (χ1v) is 11.4. The third-order valence-electron chi connectivity index (χ3n) is 7.58. The molecule has 1 N–H and O–H groups in total. The van der Waals surface area contributed by atoms with Crippen LogP contribution in [0.1, 0.15) is 49.7 Å². The van der Waals surface area contributed by atoms with Gasteiger partial charge >= 0.3 is 6.36 Å². The van der Waals surface area contributed by atoms with Crippen molar-refractivity contribution < 1.29 is 22.7 Å². The van der Waals surface area contributed by atoms with Gasteiger partial charge in [0.15, 0.2) is 0 Å². The molecular weight excluding hydrogens is 439 g/mol. The fourth-order valence-electron chi connectivity index (χ4n) is 6.89. The molecule has 0 saturated heterocycles. The summed E-state index contributed by atoms with van der Waals surface area (Å²) < 4.78 is 41.5. The van der Waals surface area contributed by atoms with Gasteiger partial charge in [-0.1, -0.05) is 35.9 Å². The molecule has 2 atom stereocenters. The maximum absolute atomic E-state index is 13.5. The third-order valence-corrected chi connectivity index (χ3v) is 7.84. The molecule has 0 aromatic heterocycles. The molecule has 32 heavy (non-hydrogen) atoms. The van der Waals surface area contributed by atoms with Crippen LogP contribution in [0.3, 0.4) is 0 Å². The van der Waals surface area contributed by atoms with Crippen molar-refractivity contribution in [3.8, 4) is 5.75 Å². The third kappa shape index (κ3) is 4.09. The summed E-state index contributed by atoms with van der Waals surface area (Å²) in [6.07, 6.45) is 1.26. The standard InChI is InChI=1S/C25H25ClF3NO2/c26-20-6-4-19(5-7-20)23-10-17-8-18(11-23)13-24(12-17,15-23)22(31)30-14-16-2-1-3-21(9-16)32-25(27,28)29/h1-7,9,17-18H,8,10-15H2,(H,30,31). The number of rotatable bonds is 5. The molecule has 0 heterocycles. The van der Waals surface area contributed by atoms with E-state index in [-0.39, 0.29) is 23.6 Å². The van der Waals surface area contributed by atoms with Gasteiger partial charge in [0.1, 0.15) is 5.75 Å². The Balaban J connectivity index is 1.33. The van der Waals surface area contributed by atoms with Crippen molar-refractivity contribution in [3.05, 3.63) is 64.7 Å². The Morgan fingerprint density at radius 1 is 1.06 bits per heavy atom. The minimum atomic E-state index is -4.74. The van der Waals surface area contributed by atoms with Gasteiger partial charge < -0.3 is 10.1 Å². The summed E-state index contributed by atoms with van der Waals surface area (Å²) in [5.74, 6) is 0.801. The maximum atomic E-state index is 13.5. The highest BCUT2D eigenvalue weighted by atomic mass is 35.5. The molecule has 4 aliphatic carbocycles. The number of hydrogen-bond donors (Lipinski definition) is 1. The lowest BCUT2D eigenvalue weighted by Crippen LogP contribution is -2.59. The number of ether oxygens (including phenoxy) is 1. The summed E-state index contributed by atoms with van der Waals surface area (Å²) in [4.78, 5) is 13.5. The molecule has 0 spiro atoms. The Labute approximate surface area is 190 Å². The van der Waals surface area contributed by atoms with Crippen molar-refractivity contribution in [2.24, 2.45) is 17.3 Å². The predicted octanol–water partition coefficient (Wildman–Crippen LogP) is 6.39. The highest BCUT2D eigenvalue weighted by Gasteiger charge is 2.60. The molecular formula is C25H25ClF3NO2. The van der Waals surface area contributed by atoms with E-state index in [2.05, 4.69) is 22.2 Å². The summed E-state index contributed by atoms with van der Waals surface area (Å²) in [7, 11) is 0. The lowest BCUT2D eigenvalue weighted by molar-refractivity contribution is -0.274.